The topological polar surface area (TPSA) is 102 Å². The number of nitrogens with zero attached hydrogens (tertiary/aromatic N) is 1. The highest BCUT2D eigenvalue weighted by Crippen LogP contribution is 2.32. The van der Waals surface area contributed by atoms with E-state index in [2.05, 4.69) is 5.32 Å². The molecule has 0 saturated heterocycles. The molecule has 1 aliphatic rings. The summed E-state index contributed by atoms with van der Waals surface area (Å²) in [6.45, 7) is 8.03. The number of carbonyl (C=O) groups excluding carboxylic acids is 4. The predicted octanol–water partition coefficient (Wildman–Crippen LogP) is 5.82. The smallest absolute Gasteiger partial charge is 0.343 e. The number of amides is 2. The van der Waals surface area contributed by atoms with E-state index in [0.717, 1.165) is 10.5 Å². The Morgan fingerprint density at radius 3 is 2.05 bits per heavy atom. The molecule has 0 bridgehead atoms. The summed E-state index contributed by atoms with van der Waals surface area (Å²) in [5.74, 6) is -1.91. The second-order valence-electron chi connectivity index (χ2n) is 9.74. The van der Waals surface area contributed by atoms with Crippen molar-refractivity contribution in [2.45, 2.75) is 33.1 Å². The summed E-state index contributed by atoms with van der Waals surface area (Å²) in [6.07, 6.45) is 0. The molecule has 0 atom stereocenters. The zero-order chi connectivity index (χ0) is 28.3. The summed E-state index contributed by atoms with van der Waals surface area (Å²) in [5.41, 5.74) is 1.88. The number of hydrogen-bond acceptors (Lipinski definition) is 7. The molecule has 1 heterocycles. The molecule has 39 heavy (non-hydrogen) atoms. The lowest BCUT2D eigenvalue weighted by Gasteiger charge is -2.22. The molecule has 0 saturated carbocycles. The minimum Gasteiger partial charge on any atom is -0.462 e. The van der Waals surface area contributed by atoms with Crippen LogP contribution in [0.25, 0.3) is 0 Å². The molecule has 1 aliphatic heterocycles. The van der Waals surface area contributed by atoms with Crippen molar-refractivity contribution in [3.8, 4) is 5.75 Å². The Kier molecular flexibility index (Phi) is 7.88. The number of hydrogen-bond donors (Lipinski definition) is 1. The minimum absolute atomic E-state index is 0.106. The van der Waals surface area contributed by atoms with Gasteiger partial charge in [-0.25, -0.2) is 14.5 Å². The van der Waals surface area contributed by atoms with Crippen LogP contribution in [-0.4, -0.2) is 30.4 Å². The Labute approximate surface area is 231 Å². The van der Waals surface area contributed by atoms with Gasteiger partial charge >= 0.3 is 11.9 Å². The van der Waals surface area contributed by atoms with Crippen LogP contribution in [0, 0.1) is 0 Å². The van der Waals surface area contributed by atoms with Crippen molar-refractivity contribution in [1.29, 1.82) is 0 Å². The molecule has 200 valence electrons. The van der Waals surface area contributed by atoms with Crippen molar-refractivity contribution in [3.05, 3.63) is 100 Å². The first kappa shape index (κ1) is 27.6. The van der Waals surface area contributed by atoms with Crippen molar-refractivity contribution in [1.82, 2.24) is 0 Å². The van der Waals surface area contributed by atoms with Gasteiger partial charge in [0.25, 0.3) is 11.8 Å². The summed E-state index contributed by atoms with van der Waals surface area (Å²) in [6, 6.07) is 19.5. The highest BCUT2D eigenvalue weighted by molar-refractivity contribution is 6.53. The molecule has 0 aromatic heterocycles. The number of nitrogens with one attached hydrogen (secondary N) is 1. The van der Waals surface area contributed by atoms with Crippen molar-refractivity contribution in [2.75, 3.05) is 16.8 Å². The van der Waals surface area contributed by atoms with Gasteiger partial charge in [0.1, 0.15) is 16.5 Å². The SMILES string of the molecule is CCOC(=O)c1ccc(N2C(=O)C(Cl)=C(Nc3ccc(C(=O)Oc4ccccc4C(C)(C)C)cc3)C2=O)cc1. The van der Waals surface area contributed by atoms with Crippen molar-refractivity contribution >= 4 is 46.7 Å². The molecule has 1 N–H and O–H groups in total. The van der Waals surface area contributed by atoms with E-state index in [4.69, 9.17) is 21.1 Å². The third kappa shape index (κ3) is 5.86. The number of anilines is 2. The Hall–Kier alpha value is -4.43. The van der Waals surface area contributed by atoms with Gasteiger partial charge in [-0.05, 0) is 66.9 Å². The highest BCUT2D eigenvalue weighted by Gasteiger charge is 2.39. The van der Waals surface area contributed by atoms with Crippen LogP contribution in [-0.2, 0) is 19.7 Å². The number of ether oxygens (including phenoxy) is 2. The zero-order valence-electron chi connectivity index (χ0n) is 21.9. The number of imide groups is 1. The molecule has 3 aromatic rings. The van der Waals surface area contributed by atoms with E-state index in [-0.39, 0.29) is 34.0 Å². The normalized spacial score (nSPS) is 13.5. The largest absolute Gasteiger partial charge is 0.462 e. The van der Waals surface area contributed by atoms with Gasteiger partial charge in [-0.1, -0.05) is 50.6 Å². The predicted molar refractivity (Wildman–Crippen MR) is 148 cm³/mol. The van der Waals surface area contributed by atoms with E-state index in [0.29, 0.717) is 17.0 Å². The van der Waals surface area contributed by atoms with E-state index >= 15 is 0 Å². The van der Waals surface area contributed by atoms with Gasteiger partial charge in [0.05, 0.1) is 23.4 Å². The number of benzene rings is 3. The molecule has 8 nitrogen and oxygen atoms in total. The molecule has 2 amide bonds. The van der Waals surface area contributed by atoms with E-state index in [1.165, 1.54) is 24.3 Å². The Balaban J connectivity index is 1.46. The fourth-order valence-corrected chi connectivity index (χ4v) is 4.19. The van der Waals surface area contributed by atoms with Crippen molar-refractivity contribution < 1.29 is 28.7 Å². The van der Waals surface area contributed by atoms with Gasteiger partial charge in [-0.2, -0.15) is 0 Å². The van der Waals surface area contributed by atoms with E-state index < -0.39 is 23.8 Å². The van der Waals surface area contributed by atoms with Gasteiger partial charge in [0.15, 0.2) is 0 Å². The highest BCUT2D eigenvalue weighted by atomic mass is 35.5. The number of rotatable bonds is 7. The molecular weight excluding hydrogens is 520 g/mol. The monoisotopic (exact) mass is 546 g/mol. The molecule has 0 fully saturated rings. The minimum atomic E-state index is -0.703. The van der Waals surface area contributed by atoms with Crippen LogP contribution in [0.4, 0.5) is 11.4 Å². The summed E-state index contributed by atoms with van der Waals surface area (Å²) < 4.78 is 10.6. The van der Waals surface area contributed by atoms with E-state index in [1.807, 2.05) is 32.9 Å². The zero-order valence-corrected chi connectivity index (χ0v) is 22.7. The number of para-hydroxylation sites is 1. The second kappa shape index (κ2) is 11.1. The first-order valence-corrected chi connectivity index (χ1v) is 12.6. The molecule has 0 radical (unpaired) electrons. The van der Waals surface area contributed by atoms with Crippen molar-refractivity contribution in [3.63, 3.8) is 0 Å². The first-order valence-electron chi connectivity index (χ1n) is 12.3. The van der Waals surface area contributed by atoms with Gasteiger partial charge in [-0.3, -0.25) is 9.59 Å². The fraction of sp³-hybridized carbons (Fsp3) is 0.200. The number of esters is 2. The van der Waals surface area contributed by atoms with Crippen LogP contribution in [0.15, 0.2) is 83.5 Å². The third-order valence-corrected chi connectivity index (χ3v) is 6.30. The molecule has 9 heteroatoms. The van der Waals surface area contributed by atoms with Crippen LogP contribution in [0.5, 0.6) is 5.75 Å². The second-order valence-corrected chi connectivity index (χ2v) is 10.1. The molecular formula is C30H27ClN2O6. The lowest BCUT2D eigenvalue weighted by atomic mass is 9.86. The van der Waals surface area contributed by atoms with Crippen LogP contribution in [0.1, 0.15) is 54.0 Å². The number of halogens is 1. The summed E-state index contributed by atoms with van der Waals surface area (Å²) in [7, 11) is 0. The Morgan fingerprint density at radius 1 is 0.846 bits per heavy atom. The van der Waals surface area contributed by atoms with Gasteiger partial charge in [0, 0.05) is 11.3 Å². The summed E-state index contributed by atoms with van der Waals surface area (Å²) >= 11 is 6.22. The molecule has 0 spiro atoms. The van der Waals surface area contributed by atoms with E-state index in [1.54, 1.807) is 43.3 Å². The molecule has 0 unspecified atom stereocenters. The maximum Gasteiger partial charge on any atom is 0.343 e. The maximum atomic E-state index is 13.1. The first-order chi connectivity index (χ1) is 18.5. The molecule has 0 aliphatic carbocycles. The average Bonchev–Trinajstić information content (AvgIpc) is 3.12. The molecule has 4 rings (SSSR count). The van der Waals surface area contributed by atoms with Crippen LogP contribution in [0.3, 0.4) is 0 Å². The molecule has 3 aromatic carbocycles. The standard InChI is InChI=1S/C30H27ClN2O6/c1-5-38-28(36)18-12-16-21(17-13-18)33-26(34)24(31)25(27(33)35)32-20-14-10-19(11-15-20)29(37)39-23-9-7-6-8-22(23)30(2,3)4/h6-17,32H,5H2,1-4H3. The lowest BCUT2D eigenvalue weighted by molar-refractivity contribution is -0.120. The van der Waals surface area contributed by atoms with E-state index in [9.17, 15) is 19.2 Å². The number of carbonyl (C=O) groups is 4. The average molecular weight is 547 g/mol. The summed E-state index contributed by atoms with van der Waals surface area (Å²) in [5, 5.41) is 2.59. The Bertz CT molecular complexity index is 1470. The van der Waals surface area contributed by atoms with Gasteiger partial charge < -0.3 is 14.8 Å². The summed E-state index contributed by atoms with van der Waals surface area (Å²) in [4.78, 5) is 51.4. The van der Waals surface area contributed by atoms with Crippen LogP contribution < -0.4 is 15.0 Å². The van der Waals surface area contributed by atoms with Crippen molar-refractivity contribution in [2.24, 2.45) is 0 Å². The van der Waals surface area contributed by atoms with Crippen LogP contribution >= 0.6 is 11.6 Å². The quantitative estimate of drug-likeness (QED) is 0.226. The van der Waals surface area contributed by atoms with Gasteiger partial charge in [-0.15, -0.1) is 0 Å². The van der Waals surface area contributed by atoms with Gasteiger partial charge in [0.2, 0.25) is 0 Å². The Morgan fingerprint density at radius 2 is 1.44 bits per heavy atom. The fourth-order valence-electron chi connectivity index (χ4n) is 3.97. The van der Waals surface area contributed by atoms with Crippen LogP contribution in [0.2, 0.25) is 0 Å². The lowest BCUT2D eigenvalue weighted by Crippen LogP contribution is -2.32. The maximum absolute atomic E-state index is 13.1. The third-order valence-electron chi connectivity index (χ3n) is 5.95.